The molecule has 7 heteroatoms. The van der Waals surface area contributed by atoms with Gasteiger partial charge in [-0.15, -0.1) is 12.4 Å². The molecule has 26 heavy (non-hydrogen) atoms. The van der Waals surface area contributed by atoms with Crippen LogP contribution in [0.25, 0.3) is 10.9 Å². The Morgan fingerprint density at radius 1 is 1.19 bits per heavy atom. The zero-order chi connectivity index (χ0) is 18.0. The van der Waals surface area contributed by atoms with E-state index in [2.05, 4.69) is 4.98 Å². The normalized spacial score (nSPS) is 14.7. The molecule has 140 valence electrons. The molecule has 1 heterocycles. The summed E-state index contributed by atoms with van der Waals surface area (Å²) in [6.45, 7) is -0.422. The maximum atomic E-state index is 13.3. The largest absolute Gasteiger partial charge is 0.465 e. The minimum Gasteiger partial charge on any atom is -0.465 e. The fourth-order valence-corrected chi connectivity index (χ4v) is 3.47. The number of benzene rings is 2. The van der Waals surface area contributed by atoms with Gasteiger partial charge >= 0.3 is 0 Å². The first kappa shape index (κ1) is 20.5. The number of halogens is 3. The van der Waals surface area contributed by atoms with Gasteiger partial charge in [0.25, 0.3) is 0 Å². The number of nitrogens with one attached hydrogen (secondary N) is 1. The Bertz CT molecular complexity index is 854. The van der Waals surface area contributed by atoms with Crippen LogP contribution in [0.15, 0.2) is 54.7 Å². The Labute approximate surface area is 162 Å². The van der Waals surface area contributed by atoms with Gasteiger partial charge in [0.2, 0.25) is 5.06 Å². The van der Waals surface area contributed by atoms with E-state index >= 15 is 0 Å². The summed E-state index contributed by atoms with van der Waals surface area (Å²) in [5, 5.41) is 9.46. The summed E-state index contributed by atoms with van der Waals surface area (Å²) in [5.41, 5.74) is 1.66. The van der Waals surface area contributed by atoms with Crippen molar-refractivity contribution < 1.29 is 14.2 Å². The number of ether oxygens (including phenoxy) is 1. The van der Waals surface area contributed by atoms with Gasteiger partial charge in [0.05, 0.1) is 12.6 Å². The molecule has 0 amide bonds. The molecule has 1 aromatic heterocycles. The number of aliphatic hydroxyl groups is 1. The van der Waals surface area contributed by atoms with Crippen molar-refractivity contribution in [1.82, 2.24) is 9.88 Å². The van der Waals surface area contributed by atoms with E-state index in [1.54, 1.807) is 18.3 Å². The number of aromatic nitrogens is 1. The highest BCUT2D eigenvalue weighted by Gasteiger charge is 2.42. The minimum absolute atomic E-state index is 0. The van der Waals surface area contributed by atoms with Crippen LogP contribution < -0.4 is 4.74 Å². The van der Waals surface area contributed by atoms with Crippen LogP contribution in [-0.2, 0) is 0 Å². The predicted octanol–water partition coefficient (Wildman–Crippen LogP) is 4.34. The van der Waals surface area contributed by atoms with Gasteiger partial charge in [-0.2, -0.15) is 0 Å². The molecule has 0 spiro atoms. The van der Waals surface area contributed by atoms with Crippen molar-refractivity contribution >= 4 is 34.9 Å². The molecule has 3 aromatic rings. The van der Waals surface area contributed by atoms with Crippen molar-refractivity contribution in [2.45, 2.75) is 11.1 Å². The molecule has 3 rings (SSSR count). The first-order chi connectivity index (χ1) is 11.9. The standard InChI is InChI=1S/C19H20ClFN2O2.ClH/c1-23(2)18(13-7-9-14(21)10-8-13)19(20,12-24)25-17-11-22-16-6-4-3-5-15(16)17;/h3-11,18,22,24H,12H2,1-2H3;1H. The maximum absolute atomic E-state index is 13.3. The van der Waals surface area contributed by atoms with E-state index in [9.17, 15) is 9.50 Å². The van der Waals surface area contributed by atoms with Crippen LogP contribution in [0.4, 0.5) is 4.39 Å². The highest BCUT2D eigenvalue weighted by molar-refractivity contribution is 6.23. The molecule has 0 bridgehead atoms. The minimum atomic E-state index is -1.44. The molecule has 0 saturated carbocycles. The average molecular weight is 399 g/mol. The van der Waals surface area contributed by atoms with Crippen molar-refractivity contribution in [2.24, 2.45) is 0 Å². The van der Waals surface area contributed by atoms with Crippen molar-refractivity contribution in [2.75, 3.05) is 20.7 Å². The summed E-state index contributed by atoms with van der Waals surface area (Å²) in [5.74, 6) is 0.219. The Morgan fingerprint density at radius 2 is 1.85 bits per heavy atom. The van der Waals surface area contributed by atoms with Crippen molar-refractivity contribution in [3.63, 3.8) is 0 Å². The van der Waals surface area contributed by atoms with Crippen LogP contribution >= 0.6 is 24.0 Å². The summed E-state index contributed by atoms with van der Waals surface area (Å²) in [7, 11) is 3.67. The second kappa shape index (κ2) is 8.27. The molecule has 4 nitrogen and oxygen atoms in total. The van der Waals surface area contributed by atoms with Crippen molar-refractivity contribution in [3.8, 4) is 5.75 Å². The van der Waals surface area contributed by atoms with Crippen molar-refractivity contribution in [1.29, 1.82) is 0 Å². The molecule has 0 radical (unpaired) electrons. The number of likely N-dealkylation sites (N-methyl/N-ethyl adjacent to an activating group) is 1. The van der Waals surface area contributed by atoms with Crippen molar-refractivity contribution in [3.05, 3.63) is 66.1 Å². The fraction of sp³-hybridized carbons (Fsp3) is 0.263. The molecule has 2 atom stereocenters. The second-order valence-electron chi connectivity index (χ2n) is 6.16. The number of fused-ring (bicyclic) bond motifs is 1. The Morgan fingerprint density at radius 3 is 2.46 bits per heavy atom. The van der Waals surface area contributed by atoms with E-state index in [1.807, 2.05) is 43.3 Å². The van der Waals surface area contributed by atoms with Gasteiger partial charge in [-0.05, 0) is 43.9 Å². The van der Waals surface area contributed by atoms with E-state index < -0.39 is 17.7 Å². The van der Waals surface area contributed by atoms with E-state index in [0.717, 1.165) is 16.5 Å². The van der Waals surface area contributed by atoms with Gasteiger partial charge in [-0.1, -0.05) is 35.9 Å². The summed E-state index contributed by atoms with van der Waals surface area (Å²) >= 11 is 6.73. The number of para-hydroxylation sites is 1. The zero-order valence-corrected chi connectivity index (χ0v) is 16.0. The van der Waals surface area contributed by atoms with Crippen LogP contribution in [0, 0.1) is 5.82 Å². The topological polar surface area (TPSA) is 48.5 Å². The van der Waals surface area contributed by atoms with Gasteiger partial charge < -0.3 is 14.8 Å². The molecule has 0 saturated heterocycles. The van der Waals surface area contributed by atoms with Crippen LogP contribution in [0.5, 0.6) is 5.75 Å². The van der Waals surface area contributed by atoms with Crippen LogP contribution in [0.2, 0.25) is 0 Å². The van der Waals surface area contributed by atoms with Crippen LogP contribution in [-0.4, -0.2) is 40.8 Å². The van der Waals surface area contributed by atoms with Gasteiger partial charge in [-0.25, -0.2) is 4.39 Å². The van der Waals surface area contributed by atoms with Gasteiger partial charge in [-0.3, -0.25) is 4.90 Å². The monoisotopic (exact) mass is 398 g/mol. The number of rotatable bonds is 6. The lowest BCUT2D eigenvalue weighted by Gasteiger charge is -2.38. The van der Waals surface area contributed by atoms with E-state index in [4.69, 9.17) is 16.3 Å². The zero-order valence-electron chi connectivity index (χ0n) is 14.4. The Kier molecular flexibility index (Phi) is 6.53. The maximum Gasteiger partial charge on any atom is 0.224 e. The number of aromatic amines is 1. The lowest BCUT2D eigenvalue weighted by atomic mass is 10.00. The number of hydrogen-bond donors (Lipinski definition) is 2. The molecular weight excluding hydrogens is 378 g/mol. The first-order valence-electron chi connectivity index (χ1n) is 7.91. The van der Waals surface area contributed by atoms with E-state index in [-0.39, 0.29) is 18.2 Å². The summed E-state index contributed by atoms with van der Waals surface area (Å²) in [6.07, 6.45) is 1.72. The smallest absolute Gasteiger partial charge is 0.224 e. The lowest BCUT2D eigenvalue weighted by Crippen LogP contribution is -2.46. The molecular formula is C19H21Cl2FN2O2. The lowest BCUT2D eigenvalue weighted by molar-refractivity contribution is 0.0129. The molecule has 0 aliphatic rings. The molecule has 0 aliphatic carbocycles. The number of aliphatic hydroxyl groups excluding tert-OH is 1. The third kappa shape index (κ3) is 3.96. The average Bonchev–Trinajstić information content (AvgIpc) is 2.99. The predicted molar refractivity (Wildman–Crippen MR) is 105 cm³/mol. The number of alkyl halides is 1. The van der Waals surface area contributed by atoms with E-state index in [0.29, 0.717) is 5.75 Å². The fourth-order valence-electron chi connectivity index (χ4n) is 3.06. The molecule has 0 fully saturated rings. The first-order valence-corrected chi connectivity index (χ1v) is 8.29. The second-order valence-corrected chi connectivity index (χ2v) is 6.80. The third-order valence-corrected chi connectivity index (χ3v) is 4.56. The summed E-state index contributed by atoms with van der Waals surface area (Å²) < 4.78 is 19.3. The van der Waals surface area contributed by atoms with E-state index in [1.165, 1.54) is 12.1 Å². The summed E-state index contributed by atoms with van der Waals surface area (Å²) in [6, 6.07) is 13.2. The van der Waals surface area contributed by atoms with Gasteiger partial charge in [0.1, 0.15) is 11.6 Å². The highest BCUT2D eigenvalue weighted by atomic mass is 35.5. The Balaban J connectivity index is 0.00000243. The van der Waals surface area contributed by atoms with Gasteiger partial charge in [0, 0.05) is 17.1 Å². The SMILES string of the molecule is CN(C)C(c1ccc(F)cc1)C(Cl)(CO)Oc1c[nH]c2ccccc12.Cl. The number of H-pyrrole nitrogens is 1. The van der Waals surface area contributed by atoms with Gasteiger partial charge in [0.15, 0.2) is 0 Å². The molecule has 2 N–H and O–H groups in total. The van der Waals surface area contributed by atoms with Crippen LogP contribution in [0.1, 0.15) is 11.6 Å². The number of hydrogen-bond acceptors (Lipinski definition) is 3. The quantitative estimate of drug-likeness (QED) is 0.607. The third-order valence-electron chi connectivity index (χ3n) is 4.16. The molecule has 0 aliphatic heterocycles. The van der Waals surface area contributed by atoms with Crippen LogP contribution in [0.3, 0.4) is 0 Å². The molecule has 2 aromatic carbocycles. The summed E-state index contributed by atoms with van der Waals surface area (Å²) in [4.78, 5) is 4.96. The molecule has 2 unspecified atom stereocenters. The number of nitrogens with zero attached hydrogens (tertiary/aromatic N) is 1. The Hall–Kier alpha value is -1.79. The highest BCUT2D eigenvalue weighted by Crippen LogP contribution is 2.39.